The lowest BCUT2D eigenvalue weighted by molar-refractivity contribution is -0.0495. The number of benzene rings is 1. The van der Waals surface area contributed by atoms with E-state index in [1.54, 1.807) is 12.1 Å². The van der Waals surface area contributed by atoms with Gasteiger partial charge in [0.2, 0.25) is 0 Å². The summed E-state index contributed by atoms with van der Waals surface area (Å²) in [5.41, 5.74) is 1.50. The lowest BCUT2D eigenvalue weighted by atomic mass is 10.2. The number of nitrogens with zero attached hydrogens (tertiary/aromatic N) is 5. The summed E-state index contributed by atoms with van der Waals surface area (Å²) in [7, 11) is 0. The third kappa shape index (κ3) is 6.42. The van der Waals surface area contributed by atoms with Crippen molar-refractivity contribution in [3.63, 3.8) is 0 Å². The average molecular weight is 571 g/mol. The monoisotopic (exact) mass is 571 g/mol. The molecule has 1 unspecified atom stereocenters. The number of fused-ring (bicyclic) bond motifs is 1. The normalized spacial score (nSPS) is 16.2. The van der Waals surface area contributed by atoms with Crippen LogP contribution >= 0.6 is 24.0 Å². The number of hydrogen-bond acceptors (Lipinski definition) is 5. The third-order valence-corrected chi connectivity index (χ3v) is 5.28. The van der Waals surface area contributed by atoms with Crippen LogP contribution in [0.4, 0.5) is 14.5 Å². The van der Waals surface area contributed by atoms with Gasteiger partial charge in [-0.2, -0.15) is 8.78 Å². The number of para-hydroxylation sites is 2. The Labute approximate surface area is 208 Å². The van der Waals surface area contributed by atoms with Gasteiger partial charge in [0, 0.05) is 44.8 Å². The average Bonchev–Trinajstić information content (AvgIpc) is 3.41. The number of ether oxygens (including phenoxy) is 1. The van der Waals surface area contributed by atoms with Gasteiger partial charge >= 0.3 is 6.61 Å². The molecule has 1 saturated heterocycles. The number of rotatable bonds is 8. The number of nitrogens with one attached hydrogen (secondary N) is 2. The zero-order valence-corrected chi connectivity index (χ0v) is 20.7. The van der Waals surface area contributed by atoms with E-state index in [0.717, 1.165) is 36.9 Å². The Hall–Kier alpha value is -2.70. The van der Waals surface area contributed by atoms with Crippen molar-refractivity contribution in [1.29, 1.82) is 0 Å². The Kier molecular flexibility index (Phi) is 9.03. The van der Waals surface area contributed by atoms with Gasteiger partial charge < -0.3 is 20.3 Å². The molecule has 1 fully saturated rings. The van der Waals surface area contributed by atoms with E-state index < -0.39 is 6.61 Å². The van der Waals surface area contributed by atoms with Gasteiger partial charge in [-0.1, -0.05) is 18.2 Å². The van der Waals surface area contributed by atoms with Crippen LogP contribution in [0.1, 0.15) is 19.2 Å². The summed E-state index contributed by atoms with van der Waals surface area (Å²) in [6.07, 6.45) is 3.47. The summed E-state index contributed by atoms with van der Waals surface area (Å²) in [5, 5.41) is 15.1. The van der Waals surface area contributed by atoms with Crippen LogP contribution in [0.5, 0.6) is 5.75 Å². The highest BCUT2D eigenvalue weighted by atomic mass is 127. The van der Waals surface area contributed by atoms with E-state index in [-0.39, 0.29) is 35.8 Å². The second-order valence-corrected chi connectivity index (χ2v) is 7.48. The van der Waals surface area contributed by atoms with Crippen LogP contribution in [0.25, 0.3) is 5.65 Å². The highest BCUT2D eigenvalue weighted by molar-refractivity contribution is 14.0. The number of alkyl halides is 2. The van der Waals surface area contributed by atoms with Gasteiger partial charge in [-0.05, 0) is 37.6 Å². The van der Waals surface area contributed by atoms with Crippen molar-refractivity contribution in [3.05, 3.63) is 54.5 Å². The second kappa shape index (κ2) is 12.0. The van der Waals surface area contributed by atoms with E-state index in [0.29, 0.717) is 25.2 Å². The van der Waals surface area contributed by atoms with Crippen molar-refractivity contribution in [2.24, 2.45) is 4.99 Å². The predicted molar refractivity (Wildman–Crippen MR) is 135 cm³/mol. The van der Waals surface area contributed by atoms with E-state index >= 15 is 0 Å². The van der Waals surface area contributed by atoms with Gasteiger partial charge in [0.1, 0.15) is 11.6 Å². The Morgan fingerprint density at radius 3 is 2.85 bits per heavy atom. The van der Waals surface area contributed by atoms with Crippen molar-refractivity contribution in [3.8, 4) is 5.75 Å². The number of pyridine rings is 1. The Balaban J connectivity index is 0.00000306. The SMILES string of the molecule is CCNC(=NCCc1nnc2ccccn12)NC1CCN(c2ccccc2OC(F)F)C1.I. The Morgan fingerprint density at radius 1 is 1.21 bits per heavy atom. The van der Waals surface area contributed by atoms with Gasteiger partial charge in [-0.3, -0.25) is 9.39 Å². The summed E-state index contributed by atoms with van der Waals surface area (Å²) in [6.45, 7) is 1.88. The van der Waals surface area contributed by atoms with Crippen LogP contribution in [0.15, 0.2) is 53.7 Å². The highest BCUT2D eigenvalue weighted by Crippen LogP contribution is 2.31. The molecule has 1 aliphatic heterocycles. The molecule has 4 rings (SSSR count). The Morgan fingerprint density at radius 2 is 2.03 bits per heavy atom. The molecule has 3 aromatic rings. The van der Waals surface area contributed by atoms with Crippen molar-refractivity contribution in [2.45, 2.75) is 32.4 Å². The molecule has 0 bridgehead atoms. The van der Waals surface area contributed by atoms with E-state index in [9.17, 15) is 8.78 Å². The van der Waals surface area contributed by atoms with Gasteiger partial charge in [-0.15, -0.1) is 34.2 Å². The second-order valence-electron chi connectivity index (χ2n) is 7.48. The van der Waals surface area contributed by atoms with Crippen LogP contribution in [0.2, 0.25) is 0 Å². The van der Waals surface area contributed by atoms with Crippen LogP contribution in [-0.4, -0.2) is 59.4 Å². The molecule has 2 N–H and O–H groups in total. The summed E-state index contributed by atoms with van der Waals surface area (Å²) in [4.78, 5) is 6.74. The van der Waals surface area contributed by atoms with Gasteiger partial charge in [0.05, 0.1) is 5.69 Å². The molecule has 0 amide bonds. The van der Waals surface area contributed by atoms with Crippen molar-refractivity contribution in [2.75, 3.05) is 31.1 Å². The maximum atomic E-state index is 12.7. The molecule has 2 aromatic heterocycles. The zero-order valence-electron chi connectivity index (χ0n) is 18.3. The van der Waals surface area contributed by atoms with Crippen molar-refractivity contribution < 1.29 is 13.5 Å². The summed E-state index contributed by atoms with van der Waals surface area (Å²) >= 11 is 0. The summed E-state index contributed by atoms with van der Waals surface area (Å²) in [6, 6.07) is 12.8. The molecule has 1 aliphatic rings. The highest BCUT2D eigenvalue weighted by Gasteiger charge is 2.26. The fraction of sp³-hybridized carbons (Fsp3) is 0.409. The molecule has 1 atom stereocenters. The van der Waals surface area contributed by atoms with Crippen molar-refractivity contribution in [1.82, 2.24) is 25.2 Å². The minimum atomic E-state index is -2.84. The minimum absolute atomic E-state index is 0. The number of anilines is 1. The van der Waals surface area contributed by atoms with Gasteiger partial charge in [0.15, 0.2) is 11.6 Å². The first-order valence-corrected chi connectivity index (χ1v) is 10.8. The molecular formula is C22H28F2IN7O. The standard InChI is InChI=1S/C22H27F2N7O.HI/c1-2-25-22(26-12-10-20-29-28-19-9-5-6-13-31(19)20)27-16-11-14-30(15-16)17-7-3-4-8-18(17)32-21(23)24;/h3-9,13,16,21H,2,10-12,14-15H2,1H3,(H2,25,26,27);1H. The quantitative estimate of drug-likeness (QED) is 0.246. The first kappa shape index (κ1) is 24.9. The molecule has 33 heavy (non-hydrogen) atoms. The van der Waals surface area contributed by atoms with Gasteiger partial charge in [0.25, 0.3) is 0 Å². The maximum Gasteiger partial charge on any atom is 0.387 e. The molecule has 1 aromatic carbocycles. The summed E-state index contributed by atoms with van der Waals surface area (Å²) in [5.74, 6) is 1.79. The van der Waals surface area contributed by atoms with Crippen LogP contribution in [-0.2, 0) is 6.42 Å². The van der Waals surface area contributed by atoms with E-state index in [1.807, 2.05) is 47.9 Å². The molecule has 11 heteroatoms. The first-order valence-electron chi connectivity index (χ1n) is 10.8. The Bertz CT molecular complexity index is 1060. The summed E-state index contributed by atoms with van der Waals surface area (Å²) < 4.78 is 32.1. The van der Waals surface area contributed by atoms with Crippen LogP contribution in [0, 0.1) is 0 Å². The molecule has 3 heterocycles. The lowest BCUT2D eigenvalue weighted by Gasteiger charge is -2.22. The smallest absolute Gasteiger partial charge is 0.387 e. The van der Waals surface area contributed by atoms with Crippen LogP contribution in [0.3, 0.4) is 0 Å². The number of halogens is 3. The minimum Gasteiger partial charge on any atom is -0.433 e. The molecule has 0 saturated carbocycles. The fourth-order valence-electron chi connectivity index (χ4n) is 3.85. The molecule has 178 valence electrons. The number of guanidine groups is 1. The molecule has 0 aliphatic carbocycles. The largest absolute Gasteiger partial charge is 0.433 e. The molecule has 8 nitrogen and oxygen atoms in total. The van der Waals surface area contributed by atoms with Crippen molar-refractivity contribution >= 4 is 41.3 Å². The topological polar surface area (TPSA) is 79.1 Å². The number of hydrogen-bond donors (Lipinski definition) is 2. The molecular weight excluding hydrogens is 543 g/mol. The van der Waals surface area contributed by atoms with E-state index in [2.05, 4.69) is 35.5 Å². The maximum absolute atomic E-state index is 12.7. The number of aromatic nitrogens is 3. The third-order valence-electron chi connectivity index (χ3n) is 5.28. The van der Waals surface area contributed by atoms with E-state index in [1.165, 1.54) is 0 Å². The van der Waals surface area contributed by atoms with Gasteiger partial charge in [-0.25, -0.2) is 0 Å². The van der Waals surface area contributed by atoms with Crippen LogP contribution < -0.4 is 20.3 Å². The molecule has 0 spiro atoms. The lowest BCUT2D eigenvalue weighted by Crippen LogP contribution is -2.44. The number of aliphatic imine (C=N–C) groups is 1. The first-order chi connectivity index (χ1) is 15.6. The van der Waals surface area contributed by atoms with E-state index in [4.69, 9.17) is 0 Å². The zero-order chi connectivity index (χ0) is 22.3. The molecule has 0 radical (unpaired) electrons. The predicted octanol–water partition coefficient (Wildman–Crippen LogP) is 3.33. The fourth-order valence-corrected chi connectivity index (χ4v) is 3.85.